The fraction of sp³-hybridized carbons (Fsp3) is 0.391. The van der Waals surface area contributed by atoms with Gasteiger partial charge < -0.3 is 15.4 Å². The Morgan fingerprint density at radius 1 is 1.10 bits per heavy atom. The molecular weight excluding hydrogens is 402 g/mol. The summed E-state index contributed by atoms with van der Waals surface area (Å²) >= 11 is 5.84. The summed E-state index contributed by atoms with van der Waals surface area (Å²) in [4.78, 5) is 26.7. The molecule has 1 saturated heterocycles. The summed E-state index contributed by atoms with van der Waals surface area (Å²) in [5.41, 5.74) is 1.70. The maximum atomic E-state index is 12.5. The van der Waals surface area contributed by atoms with E-state index in [0.717, 1.165) is 42.8 Å². The Kier molecular flexibility index (Phi) is 8.11. The molecule has 2 N–H and O–H groups in total. The number of rotatable bonds is 8. The van der Waals surface area contributed by atoms with Crippen molar-refractivity contribution in [1.29, 1.82) is 0 Å². The molecule has 1 aliphatic heterocycles. The van der Waals surface area contributed by atoms with Gasteiger partial charge in [0, 0.05) is 29.7 Å². The van der Waals surface area contributed by atoms with Crippen LogP contribution in [0, 0.1) is 6.92 Å². The first-order valence-electron chi connectivity index (χ1n) is 10.2. The van der Waals surface area contributed by atoms with E-state index in [-0.39, 0.29) is 17.9 Å². The summed E-state index contributed by atoms with van der Waals surface area (Å²) in [6, 6.07) is 14.9. The van der Waals surface area contributed by atoms with Crippen LogP contribution in [0.15, 0.2) is 48.5 Å². The highest BCUT2D eigenvalue weighted by Crippen LogP contribution is 2.15. The molecule has 2 aromatic rings. The van der Waals surface area contributed by atoms with E-state index in [2.05, 4.69) is 15.5 Å². The lowest BCUT2D eigenvalue weighted by Crippen LogP contribution is -2.47. The first-order valence-corrected chi connectivity index (χ1v) is 10.6. The van der Waals surface area contributed by atoms with Crippen LogP contribution < -0.4 is 15.4 Å². The number of carbonyl (C=O) groups excluding carboxylic acids is 2. The molecule has 0 spiro atoms. The lowest BCUT2D eigenvalue weighted by atomic mass is 10.0. The van der Waals surface area contributed by atoms with Crippen LogP contribution in [0.3, 0.4) is 0 Å². The lowest BCUT2D eigenvalue weighted by Gasteiger charge is -2.32. The Morgan fingerprint density at radius 3 is 2.50 bits per heavy atom. The van der Waals surface area contributed by atoms with Gasteiger partial charge in [-0.05, 0) is 55.7 Å². The summed E-state index contributed by atoms with van der Waals surface area (Å²) in [7, 11) is 0. The molecule has 1 heterocycles. The molecule has 30 heavy (non-hydrogen) atoms. The Balaban J connectivity index is 1.31. The number of ether oxygens (including phenoxy) is 1. The maximum Gasteiger partial charge on any atom is 0.251 e. The van der Waals surface area contributed by atoms with Gasteiger partial charge in [-0.25, -0.2) is 0 Å². The van der Waals surface area contributed by atoms with E-state index < -0.39 is 0 Å². The standard InChI is InChI=1S/C23H28ClN3O3/c1-17-4-2-3-5-21(17)23(29)26-19-10-13-27(14-11-19)16-22(28)25-12-15-30-20-8-6-18(24)7-9-20/h2-9,19H,10-16H2,1H3,(H,25,28)(H,26,29). The van der Waals surface area contributed by atoms with E-state index >= 15 is 0 Å². The number of benzene rings is 2. The predicted octanol–water partition coefficient (Wildman–Crippen LogP) is 3.04. The third kappa shape index (κ3) is 6.75. The van der Waals surface area contributed by atoms with Crippen molar-refractivity contribution in [1.82, 2.24) is 15.5 Å². The van der Waals surface area contributed by atoms with Gasteiger partial charge in [0.05, 0.1) is 13.1 Å². The largest absolute Gasteiger partial charge is 0.492 e. The van der Waals surface area contributed by atoms with Crippen LogP contribution in [0.4, 0.5) is 0 Å². The Bertz CT molecular complexity index is 849. The molecule has 0 radical (unpaired) electrons. The van der Waals surface area contributed by atoms with Crippen molar-refractivity contribution < 1.29 is 14.3 Å². The molecular formula is C23H28ClN3O3. The second kappa shape index (κ2) is 11.0. The molecule has 7 heteroatoms. The average Bonchev–Trinajstić information content (AvgIpc) is 2.74. The Labute approximate surface area is 182 Å². The molecule has 3 rings (SSSR count). The van der Waals surface area contributed by atoms with Crippen LogP contribution in [-0.2, 0) is 4.79 Å². The number of halogens is 1. The summed E-state index contributed by atoms with van der Waals surface area (Å²) < 4.78 is 5.57. The van der Waals surface area contributed by atoms with Gasteiger partial charge in [-0.1, -0.05) is 29.8 Å². The number of nitrogens with zero attached hydrogens (tertiary/aromatic N) is 1. The fourth-order valence-corrected chi connectivity index (χ4v) is 3.60. The first kappa shape index (κ1) is 22.1. The molecule has 6 nitrogen and oxygen atoms in total. The minimum absolute atomic E-state index is 0.0166. The van der Waals surface area contributed by atoms with E-state index in [4.69, 9.17) is 16.3 Å². The van der Waals surface area contributed by atoms with E-state index in [1.54, 1.807) is 24.3 Å². The normalized spacial score (nSPS) is 14.9. The molecule has 1 fully saturated rings. The highest BCUT2D eigenvalue weighted by Gasteiger charge is 2.22. The number of hydrogen-bond acceptors (Lipinski definition) is 4. The van der Waals surface area contributed by atoms with E-state index in [1.165, 1.54) is 0 Å². The van der Waals surface area contributed by atoms with Gasteiger partial charge in [0.15, 0.2) is 0 Å². The van der Waals surface area contributed by atoms with Crippen molar-refractivity contribution in [2.45, 2.75) is 25.8 Å². The minimum atomic E-state index is -0.0232. The van der Waals surface area contributed by atoms with Gasteiger partial charge in [0.2, 0.25) is 5.91 Å². The van der Waals surface area contributed by atoms with Crippen molar-refractivity contribution >= 4 is 23.4 Å². The lowest BCUT2D eigenvalue weighted by molar-refractivity contribution is -0.122. The SMILES string of the molecule is Cc1ccccc1C(=O)NC1CCN(CC(=O)NCCOc2ccc(Cl)cc2)CC1. The Hall–Kier alpha value is -2.57. The number of nitrogens with one attached hydrogen (secondary N) is 2. The molecule has 2 amide bonds. The van der Waals surface area contributed by atoms with Crippen LogP contribution in [-0.4, -0.2) is 55.5 Å². The second-order valence-corrected chi connectivity index (χ2v) is 7.93. The number of likely N-dealkylation sites (tertiary alicyclic amines) is 1. The van der Waals surface area contributed by atoms with Crippen LogP contribution in [0.2, 0.25) is 5.02 Å². The van der Waals surface area contributed by atoms with Crippen molar-refractivity contribution in [2.24, 2.45) is 0 Å². The molecule has 160 valence electrons. The number of amides is 2. The quantitative estimate of drug-likeness (QED) is 0.633. The van der Waals surface area contributed by atoms with Gasteiger partial charge >= 0.3 is 0 Å². The second-order valence-electron chi connectivity index (χ2n) is 7.49. The zero-order chi connectivity index (χ0) is 21.3. The smallest absolute Gasteiger partial charge is 0.251 e. The first-order chi connectivity index (χ1) is 14.5. The molecule has 0 unspecified atom stereocenters. The fourth-order valence-electron chi connectivity index (χ4n) is 3.48. The van der Waals surface area contributed by atoms with Crippen LogP contribution in [0.1, 0.15) is 28.8 Å². The average molecular weight is 430 g/mol. The van der Waals surface area contributed by atoms with Crippen molar-refractivity contribution in [3.8, 4) is 5.75 Å². The van der Waals surface area contributed by atoms with Crippen LogP contribution in [0.5, 0.6) is 5.75 Å². The Morgan fingerprint density at radius 2 is 1.80 bits per heavy atom. The third-order valence-corrected chi connectivity index (χ3v) is 5.44. The summed E-state index contributed by atoms with van der Waals surface area (Å²) in [5, 5.41) is 6.66. The van der Waals surface area contributed by atoms with E-state index in [1.807, 2.05) is 31.2 Å². The number of carbonyl (C=O) groups is 2. The summed E-state index contributed by atoms with van der Waals surface area (Å²) in [5.74, 6) is 0.686. The topological polar surface area (TPSA) is 70.7 Å². The molecule has 0 saturated carbocycles. The molecule has 0 atom stereocenters. The number of aryl methyl sites for hydroxylation is 1. The van der Waals surface area contributed by atoms with Gasteiger partial charge in [0.25, 0.3) is 5.91 Å². The maximum absolute atomic E-state index is 12.5. The molecule has 0 aromatic heterocycles. The summed E-state index contributed by atoms with van der Waals surface area (Å²) in [6.45, 7) is 4.72. The van der Waals surface area contributed by atoms with Crippen LogP contribution in [0.25, 0.3) is 0 Å². The highest BCUT2D eigenvalue weighted by atomic mass is 35.5. The minimum Gasteiger partial charge on any atom is -0.492 e. The van der Waals surface area contributed by atoms with Gasteiger partial charge in [-0.15, -0.1) is 0 Å². The van der Waals surface area contributed by atoms with Crippen LogP contribution >= 0.6 is 11.6 Å². The molecule has 0 aliphatic carbocycles. The summed E-state index contributed by atoms with van der Waals surface area (Å²) in [6.07, 6.45) is 1.68. The van der Waals surface area contributed by atoms with E-state index in [9.17, 15) is 9.59 Å². The predicted molar refractivity (Wildman–Crippen MR) is 118 cm³/mol. The van der Waals surface area contributed by atoms with Crippen molar-refractivity contribution in [3.63, 3.8) is 0 Å². The highest BCUT2D eigenvalue weighted by molar-refractivity contribution is 6.30. The number of hydrogen-bond donors (Lipinski definition) is 2. The van der Waals surface area contributed by atoms with Crippen molar-refractivity contribution in [3.05, 3.63) is 64.7 Å². The third-order valence-electron chi connectivity index (χ3n) is 5.19. The number of piperidine rings is 1. The molecule has 2 aromatic carbocycles. The van der Waals surface area contributed by atoms with Gasteiger partial charge in [0.1, 0.15) is 12.4 Å². The van der Waals surface area contributed by atoms with Gasteiger partial charge in [-0.2, -0.15) is 0 Å². The van der Waals surface area contributed by atoms with E-state index in [0.29, 0.717) is 24.7 Å². The molecule has 1 aliphatic rings. The zero-order valence-corrected chi connectivity index (χ0v) is 18.0. The zero-order valence-electron chi connectivity index (χ0n) is 17.2. The molecule has 0 bridgehead atoms. The van der Waals surface area contributed by atoms with Crippen molar-refractivity contribution in [2.75, 3.05) is 32.8 Å². The monoisotopic (exact) mass is 429 g/mol. The van der Waals surface area contributed by atoms with Gasteiger partial charge in [-0.3, -0.25) is 14.5 Å².